The Morgan fingerprint density at radius 2 is 0.873 bits per heavy atom. The van der Waals surface area contributed by atoms with Gasteiger partial charge in [-0.2, -0.15) is 0 Å². The van der Waals surface area contributed by atoms with Crippen molar-refractivity contribution in [2.45, 2.75) is 0 Å². The first-order valence-electron chi connectivity index (χ1n) is 18.8. The minimum absolute atomic E-state index is 0.690. The maximum Gasteiger partial charge on any atom is 0.162 e. The van der Waals surface area contributed by atoms with Crippen molar-refractivity contribution < 1.29 is 0 Å². The van der Waals surface area contributed by atoms with Gasteiger partial charge in [-0.25, -0.2) is 9.97 Å². The van der Waals surface area contributed by atoms with Crippen LogP contribution in [0.5, 0.6) is 0 Å². The second-order valence-electron chi connectivity index (χ2n) is 14.6. The van der Waals surface area contributed by atoms with Crippen LogP contribution in [-0.4, -0.2) is 14.5 Å². The predicted octanol–water partition coefficient (Wildman–Crippen LogP) is 13.7. The molecule has 11 aromatic rings. The number of hydrogen-bond acceptors (Lipinski definition) is 2. The summed E-state index contributed by atoms with van der Waals surface area (Å²) in [5, 5.41) is 9.80. The van der Waals surface area contributed by atoms with Gasteiger partial charge in [-0.3, -0.25) is 0 Å². The maximum absolute atomic E-state index is 5.44. The summed E-state index contributed by atoms with van der Waals surface area (Å²) in [5.74, 6) is 0.690. The molecule has 3 heteroatoms. The molecule has 2 heterocycles. The fourth-order valence-electron chi connectivity index (χ4n) is 9.00. The molecule has 0 saturated carbocycles. The summed E-state index contributed by atoms with van der Waals surface area (Å²) in [6.45, 7) is 0. The van der Waals surface area contributed by atoms with Gasteiger partial charge in [-0.1, -0.05) is 152 Å². The molecule has 0 unspecified atom stereocenters. The zero-order valence-electron chi connectivity index (χ0n) is 29.7. The van der Waals surface area contributed by atoms with E-state index in [0.717, 1.165) is 44.7 Å². The number of hydrogen-bond donors (Lipinski definition) is 0. The van der Waals surface area contributed by atoms with Crippen LogP contribution in [0, 0.1) is 0 Å². The molecule has 2 aromatic heterocycles. The van der Waals surface area contributed by atoms with Crippen molar-refractivity contribution in [2.75, 3.05) is 0 Å². The van der Waals surface area contributed by atoms with E-state index < -0.39 is 0 Å². The molecule has 1 aliphatic carbocycles. The molecular formula is C52H31N3. The van der Waals surface area contributed by atoms with Crippen LogP contribution in [0.3, 0.4) is 0 Å². The van der Waals surface area contributed by atoms with Gasteiger partial charge in [0.15, 0.2) is 5.82 Å². The lowest BCUT2D eigenvalue weighted by atomic mass is 9.93. The largest absolute Gasteiger partial charge is 0.308 e. The normalized spacial score (nSPS) is 12.0. The first-order valence-corrected chi connectivity index (χ1v) is 18.8. The number of nitrogens with zero attached hydrogens (tertiary/aromatic N) is 3. The van der Waals surface area contributed by atoms with Crippen LogP contribution in [0.25, 0.3) is 116 Å². The quantitative estimate of drug-likeness (QED) is 0.183. The van der Waals surface area contributed by atoms with Gasteiger partial charge in [0.2, 0.25) is 0 Å². The SMILES string of the molecule is c1ccc(-c2cc(-c3ccc4ccccc4c3)nc(-c3cc4ccccc4cc3-n3c4cccc5c4c4c6c(cccc6ccc43)-c3ccccc3-5)n2)cc1. The van der Waals surface area contributed by atoms with E-state index in [4.69, 9.17) is 9.97 Å². The number of fused-ring (bicyclic) bond motifs is 5. The van der Waals surface area contributed by atoms with Gasteiger partial charge in [0.05, 0.1) is 28.1 Å². The smallest absolute Gasteiger partial charge is 0.162 e. The van der Waals surface area contributed by atoms with Crippen LogP contribution < -0.4 is 0 Å². The molecule has 0 N–H and O–H groups in total. The zero-order chi connectivity index (χ0) is 36.0. The molecule has 1 aliphatic rings. The lowest BCUT2D eigenvalue weighted by Gasteiger charge is -2.17. The third kappa shape index (κ3) is 4.50. The van der Waals surface area contributed by atoms with E-state index in [-0.39, 0.29) is 0 Å². The highest BCUT2D eigenvalue weighted by molar-refractivity contribution is 6.30. The molecule has 12 rings (SSSR count). The second-order valence-corrected chi connectivity index (χ2v) is 14.6. The molecule has 0 fully saturated rings. The first-order chi connectivity index (χ1) is 27.3. The van der Waals surface area contributed by atoms with Crippen molar-refractivity contribution in [3.63, 3.8) is 0 Å². The molecule has 55 heavy (non-hydrogen) atoms. The van der Waals surface area contributed by atoms with Crippen LogP contribution >= 0.6 is 0 Å². The minimum atomic E-state index is 0.690. The Morgan fingerprint density at radius 1 is 0.309 bits per heavy atom. The Kier molecular flexibility index (Phi) is 6.34. The van der Waals surface area contributed by atoms with Gasteiger partial charge < -0.3 is 4.57 Å². The lowest BCUT2D eigenvalue weighted by Crippen LogP contribution is -2.02. The summed E-state index contributed by atoms with van der Waals surface area (Å²) in [6.07, 6.45) is 0. The summed E-state index contributed by atoms with van der Waals surface area (Å²) >= 11 is 0. The maximum atomic E-state index is 5.44. The molecule has 254 valence electrons. The van der Waals surface area contributed by atoms with E-state index in [1.165, 1.54) is 65.5 Å². The van der Waals surface area contributed by atoms with E-state index in [1.54, 1.807) is 0 Å². The van der Waals surface area contributed by atoms with E-state index >= 15 is 0 Å². The van der Waals surface area contributed by atoms with Crippen LogP contribution in [0.4, 0.5) is 0 Å². The van der Waals surface area contributed by atoms with E-state index in [2.05, 4.69) is 193 Å². The number of rotatable bonds is 4. The average molecular weight is 698 g/mol. The van der Waals surface area contributed by atoms with Gasteiger partial charge in [0.1, 0.15) is 0 Å². The topological polar surface area (TPSA) is 30.7 Å². The third-order valence-electron chi connectivity index (χ3n) is 11.5. The monoisotopic (exact) mass is 697 g/mol. The molecule has 0 amide bonds. The highest BCUT2D eigenvalue weighted by Gasteiger charge is 2.26. The number of aromatic nitrogens is 3. The summed E-state index contributed by atoms with van der Waals surface area (Å²) in [4.78, 5) is 10.8. The standard InChI is InChI=1S/C52H31N3/c1-2-13-33(14-3-1)44-31-45(38-25-24-32-12-4-5-15-35(32)28-38)54-52(53-44)43-29-36-16-6-7-17-37(36)30-48(43)55-46-23-11-22-42-40-20-9-8-19-39(40)41-21-10-18-34-26-27-47(55)51(49(34)41)50(42)46/h1-31H. The van der Waals surface area contributed by atoms with Crippen LogP contribution in [0.1, 0.15) is 0 Å². The molecule has 3 nitrogen and oxygen atoms in total. The highest BCUT2D eigenvalue weighted by Crippen LogP contribution is 2.50. The van der Waals surface area contributed by atoms with E-state index in [0.29, 0.717) is 5.82 Å². The van der Waals surface area contributed by atoms with Gasteiger partial charge in [0, 0.05) is 27.5 Å². The molecule has 0 saturated heterocycles. The Labute approximate surface area is 317 Å². The zero-order valence-corrected chi connectivity index (χ0v) is 29.7. The van der Waals surface area contributed by atoms with E-state index in [9.17, 15) is 0 Å². The summed E-state index contributed by atoms with van der Waals surface area (Å²) in [7, 11) is 0. The molecular weight excluding hydrogens is 667 g/mol. The fraction of sp³-hybridized carbons (Fsp3) is 0. The second kappa shape index (κ2) is 11.6. The lowest BCUT2D eigenvalue weighted by molar-refractivity contribution is 1.14. The van der Waals surface area contributed by atoms with Crippen molar-refractivity contribution >= 4 is 54.1 Å². The summed E-state index contributed by atoms with van der Waals surface area (Å²) in [6, 6.07) is 67.9. The van der Waals surface area contributed by atoms with Gasteiger partial charge in [0.25, 0.3) is 0 Å². The van der Waals surface area contributed by atoms with Crippen molar-refractivity contribution in [3.8, 4) is 61.8 Å². The van der Waals surface area contributed by atoms with Gasteiger partial charge in [-0.15, -0.1) is 0 Å². The minimum Gasteiger partial charge on any atom is -0.308 e. The predicted molar refractivity (Wildman–Crippen MR) is 230 cm³/mol. The van der Waals surface area contributed by atoms with Crippen LogP contribution in [-0.2, 0) is 0 Å². The average Bonchev–Trinajstić information content (AvgIpc) is 3.54. The first kappa shape index (κ1) is 30.1. The Bertz CT molecular complexity index is 3370. The Morgan fingerprint density at radius 3 is 1.65 bits per heavy atom. The summed E-state index contributed by atoms with van der Waals surface area (Å²) < 4.78 is 2.47. The van der Waals surface area contributed by atoms with Crippen LogP contribution in [0.2, 0.25) is 0 Å². The Hall–Kier alpha value is -7.36. The highest BCUT2D eigenvalue weighted by atomic mass is 15.0. The van der Waals surface area contributed by atoms with Gasteiger partial charge in [-0.05, 0) is 91.0 Å². The van der Waals surface area contributed by atoms with Crippen molar-refractivity contribution in [1.29, 1.82) is 0 Å². The molecule has 9 aromatic carbocycles. The van der Waals surface area contributed by atoms with Crippen molar-refractivity contribution in [3.05, 3.63) is 188 Å². The molecule has 0 atom stereocenters. The molecule has 0 bridgehead atoms. The molecule has 0 radical (unpaired) electrons. The van der Waals surface area contributed by atoms with Gasteiger partial charge >= 0.3 is 0 Å². The summed E-state index contributed by atoms with van der Waals surface area (Å²) in [5.41, 5.74) is 13.3. The fourth-order valence-corrected chi connectivity index (χ4v) is 9.00. The van der Waals surface area contributed by atoms with Crippen molar-refractivity contribution in [2.24, 2.45) is 0 Å². The molecule has 0 spiro atoms. The van der Waals surface area contributed by atoms with Crippen molar-refractivity contribution in [1.82, 2.24) is 14.5 Å². The Balaban J connectivity index is 1.20. The molecule has 0 aliphatic heterocycles. The van der Waals surface area contributed by atoms with E-state index in [1.807, 2.05) is 0 Å². The third-order valence-corrected chi connectivity index (χ3v) is 11.5. The number of benzene rings is 9. The van der Waals surface area contributed by atoms with Crippen LogP contribution in [0.15, 0.2) is 188 Å².